The van der Waals surface area contributed by atoms with Crippen LogP contribution in [0.2, 0.25) is 0 Å². The van der Waals surface area contributed by atoms with E-state index < -0.39 is 0 Å². The van der Waals surface area contributed by atoms with Gasteiger partial charge in [0.15, 0.2) is 0 Å². The van der Waals surface area contributed by atoms with E-state index in [1.807, 2.05) is 12.3 Å². The van der Waals surface area contributed by atoms with E-state index in [-0.39, 0.29) is 0 Å². The Morgan fingerprint density at radius 2 is 1.55 bits per heavy atom. The van der Waals surface area contributed by atoms with Crippen LogP contribution in [0.1, 0.15) is 25.5 Å². The van der Waals surface area contributed by atoms with Crippen LogP contribution in [0, 0.1) is 0 Å². The average Bonchev–Trinajstić information content (AvgIpc) is 3.04. The van der Waals surface area contributed by atoms with Gasteiger partial charge in [0.25, 0.3) is 0 Å². The second-order valence-corrected chi connectivity index (χ2v) is 5.66. The summed E-state index contributed by atoms with van der Waals surface area (Å²) in [5.41, 5.74) is 4.54. The molecule has 0 N–H and O–H groups in total. The maximum Gasteiger partial charge on any atom is 0.0630 e. The van der Waals surface area contributed by atoms with E-state index in [1.54, 1.807) is 0 Å². The second-order valence-electron chi connectivity index (χ2n) is 5.66. The molecule has 1 heterocycles. The summed E-state index contributed by atoms with van der Waals surface area (Å²) in [6, 6.07) is 21.3. The highest BCUT2D eigenvalue weighted by molar-refractivity contribution is 5.82. The normalized spacial score (nSPS) is 11.4. The highest BCUT2D eigenvalue weighted by Gasteiger charge is 1.98. The van der Waals surface area contributed by atoms with E-state index in [2.05, 4.69) is 90.4 Å². The topological polar surface area (TPSA) is 17.3 Å². The lowest BCUT2D eigenvalue weighted by Crippen LogP contribution is -1.95. The maximum atomic E-state index is 4.55. The van der Waals surface area contributed by atoms with Gasteiger partial charge in [-0.1, -0.05) is 42.5 Å². The highest BCUT2D eigenvalue weighted by Crippen LogP contribution is 2.22. The molecular weight excluding hydrogens is 268 g/mol. The molecule has 0 aliphatic rings. The molecule has 2 nitrogen and oxygen atoms in total. The van der Waals surface area contributed by atoms with Crippen LogP contribution in [-0.2, 0) is 0 Å². The molecule has 1 aromatic heterocycles. The molecule has 0 saturated heterocycles. The van der Waals surface area contributed by atoms with Gasteiger partial charge in [0.2, 0.25) is 0 Å². The van der Waals surface area contributed by atoms with Crippen molar-refractivity contribution in [2.45, 2.75) is 19.9 Å². The number of rotatable bonds is 4. The van der Waals surface area contributed by atoms with Crippen molar-refractivity contribution in [3.63, 3.8) is 0 Å². The fourth-order valence-corrected chi connectivity index (χ4v) is 2.35. The second kappa shape index (κ2) is 6.44. The number of nitrogens with zero attached hydrogens (tertiary/aromatic N) is 2. The fraction of sp³-hybridized carbons (Fsp3) is 0.150. The van der Waals surface area contributed by atoms with Crippen LogP contribution < -0.4 is 0 Å². The van der Waals surface area contributed by atoms with Crippen LogP contribution in [0.25, 0.3) is 11.1 Å². The molecule has 0 bridgehead atoms. The van der Waals surface area contributed by atoms with Crippen LogP contribution in [0.4, 0.5) is 5.69 Å². The number of hydrogen-bond acceptors (Lipinski definition) is 1. The molecule has 3 rings (SSSR count). The number of hydrogen-bond donors (Lipinski definition) is 0. The van der Waals surface area contributed by atoms with Gasteiger partial charge in [-0.2, -0.15) is 0 Å². The summed E-state index contributed by atoms with van der Waals surface area (Å²) in [5, 5.41) is 0. The smallest absolute Gasteiger partial charge is 0.0630 e. The zero-order valence-corrected chi connectivity index (χ0v) is 13.0. The summed E-state index contributed by atoms with van der Waals surface area (Å²) in [6.45, 7) is 4.34. The molecule has 3 aromatic rings. The zero-order valence-electron chi connectivity index (χ0n) is 13.0. The van der Waals surface area contributed by atoms with E-state index in [0.29, 0.717) is 6.04 Å². The van der Waals surface area contributed by atoms with Crippen molar-refractivity contribution >= 4 is 11.9 Å². The molecule has 0 radical (unpaired) electrons. The van der Waals surface area contributed by atoms with E-state index >= 15 is 0 Å². The SMILES string of the molecule is CC(C)n1ccc(C=Nc2ccc(-c3ccccc3)cc2)c1. The minimum absolute atomic E-state index is 0.479. The summed E-state index contributed by atoms with van der Waals surface area (Å²) >= 11 is 0. The number of aromatic nitrogens is 1. The summed E-state index contributed by atoms with van der Waals surface area (Å²) in [5.74, 6) is 0. The third-order valence-electron chi connectivity index (χ3n) is 3.67. The van der Waals surface area contributed by atoms with Gasteiger partial charge in [0.05, 0.1) is 5.69 Å². The van der Waals surface area contributed by atoms with Crippen molar-refractivity contribution in [1.29, 1.82) is 0 Å². The lowest BCUT2D eigenvalue weighted by atomic mass is 10.1. The molecule has 0 spiro atoms. The standard InChI is InChI=1S/C20H20N2/c1-16(2)22-13-12-17(15-22)14-21-20-10-8-19(9-11-20)18-6-4-3-5-7-18/h3-16H,1-2H3. The minimum atomic E-state index is 0.479. The van der Waals surface area contributed by atoms with Crippen molar-refractivity contribution in [3.8, 4) is 11.1 Å². The van der Waals surface area contributed by atoms with E-state index in [4.69, 9.17) is 0 Å². The van der Waals surface area contributed by atoms with Gasteiger partial charge in [-0.15, -0.1) is 0 Å². The number of benzene rings is 2. The van der Waals surface area contributed by atoms with Crippen molar-refractivity contribution in [3.05, 3.63) is 78.6 Å². The Morgan fingerprint density at radius 1 is 0.864 bits per heavy atom. The fourth-order valence-electron chi connectivity index (χ4n) is 2.35. The first-order valence-electron chi connectivity index (χ1n) is 7.59. The molecule has 22 heavy (non-hydrogen) atoms. The molecule has 2 aromatic carbocycles. The van der Waals surface area contributed by atoms with Crippen LogP contribution in [0.15, 0.2) is 78.0 Å². The van der Waals surface area contributed by atoms with Crippen molar-refractivity contribution in [2.75, 3.05) is 0 Å². The van der Waals surface area contributed by atoms with Gasteiger partial charge in [0.1, 0.15) is 0 Å². The summed E-state index contributed by atoms with van der Waals surface area (Å²) in [7, 11) is 0. The first kappa shape index (κ1) is 14.3. The van der Waals surface area contributed by atoms with E-state index in [0.717, 1.165) is 11.3 Å². The van der Waals surface area contributed by atoms with Gasteiger partial charge < -0.3 is 4.57 Å². The molecule has 0 aliphatic carbocycles. The van der Waals surface area contributed by atoms with E-state index in [9.17, 15) is 0 Å². The Labute approximate surface area is 131 Å². The molecular formula is C20H20N2. The average molecular weight is 288 g/mol. The van der Waals surface area contributed by atoms with Crippen molar-refractivity contribution in [1.82, 2.24) is 4.57 Å². The van der Waals surface area contributed by atoms with Gasteiger partial charge in [0, 0.05) is 30.2 Å². The summed E-state index contributed by atoms with van der Waals surface area (Å²) in [4.78, 5) is 4.55. The Hall–Kier alpha value is -2.61. The Morgan fingerprint density at radius 3 is 2.18 bits per heavy atom. The molecule has 0 unspecified atom stereocenters. The Balaban J connectivity index is 1.74. The minimum Gasteiger partial charge on any atom is -0.351 e. The van der Waals surface area contributed by atoms with Gasteiger partial charge >= 0.3 is 0 Å². The molecule has 110 valence electrons. The Bertz CT molecular complexity index is 750. The van der Waals surface area contributed by atoms with Crippen LogP contribution in [0.5, 0.6) is 0 Å². The Kier molecular flexibility index (Phi) is 4.19. The summed E-state index contributed by atoms with van der Waals surface area (Å²) < 4.78 is 2.18. The van der Waals surface area contributed by atoms with Gasteiger partial charge in [-0.3, -0.25) is 4.99 Å². The third-order valence-corrected chi connectivity index (χ3v) is 3.67. The molecule has 0 amide bonds. The zero-order chi connectivity index (χ0) is 15.4. The monoisotopic (exact) mass is 288 g/mol. The predicted molar refractivity (Wildman–Crippen MR) is 93.9 cm³/mol. The predicted octanol–water partition coefficient (Wildman–Crippen LogP) is 5.49. The molecule has 0 fully saturated rings. The van der Waals surface area contributed by atoms with Crippen molar-refractivity contribution < 1.29 is 0 Å². The van der Waals surface area contributed by atoms with Crippen LogP contribution in [0.3, 0.4) is 0 Å². The molecule has 2 heteroatoms. The first-order chi connectivity index (χ1) is 10.7. The van der Waals surface area contributed by atoms with Crippen LogP contribution >= 0.6 is 0 Å². The maximum absolute atomic E-state index is 4.55. The number of aliphatic imine (C=N–C) groups is 1. The van der Waals surface area contributed by atoms with E-state index in [1.165, 1.54) is 11.1 Å². The molecule has 0 atom stereocenters. The molecule has 0 aliphatic heterocycles. The molecule has 0 saturated carbocycles. The quantitative estimate of drug-likeness (QED) is 0.565. The van der Waals surface area contributed by atoms with Gasteiger partial charge in [-0.25, -0.2) is 0 Å². The van der Waals surface area contributed by atoms with Crippen LogP contribution in [-0.4, -0.2) is 10.8 Å². The largest absolute Gasteiger partial charge is 0.351 e. The van der Waals surface area contributed by atoms with Gasteiger partial charge in [-0.05, 0) is 43.2 Å². The highest BCUT2D eigenvalue weighted by atomic mass is 15.0. The lowest BCUT2D eigenvalue weighted by Gasteiger charge is -2.04. The van der Waals surface area contributed by atoms with Crippen molar-refractivity contribution in [2.24, 2.45) is 4.99 Å². The first-order valence-corrected chi connectivity index (χ1v) is 7.59. The summed E-state index contributed by atoms with van der Waals surface area (Å²) in [6.07, 6.45) is 6.12. The third kappa shape index (κ3) is 3.34. The lowest BCUT2D eigenvalue weighted by molar-refractivity contribution is 0.603.